The van der Waals surface area contributed by atoms with Crippen LogP contribution in [0.4, 0.5) is 0 Å². The fraction of sp³-hybridized carbons (Fsp3) is 0.0556. The number of halogens is 2. The molecule has 2 aromatic carbocycles. The minimum atomic E-state index is -0.214. The molecule has 0 aliphatic rings. The van der Waals surface area contributed by atoms with Gasteiger partial charge in [-0.3, -0.25) is 4.79 Å². The topological polar surface area (TPSA) is 63.6 Å². The Labute approximate surface area is 163 Å². The van der Waals surface area contributed by atoms with Crippen LogP contribution in [0.15, 0.2) is 64.7 Å². The summed E-state index contributed by atoms with van der Waals surface area (Å²) < 4.78 is 1.66. The van der Waals surface area contributed by atoms with Gasteiger partial charge in [-0.2, -0.15) is 5.10 Å². The Morgan fingerprint density at radius 2 is 1.88 bits per heavy atom. The molecule has 0 bridgehead atoms. The van der Waals surface area contributed by atoms with Gasteiger partial charge in [-0.1, -0.05) is 59.2 Å². The van der Waals surface area contributed by atoms with E-state index in [9.17, 15) is 4.79 Å². The highest BCUT2D eigenvalue weighted by Gasteiger charge is 2.12. The van der Waals surface area contributed by atoms with Crippen LogP contribution >= 0.6 is 35.0 Å². The average molecular weight is 403 g/mol. The molecule has 0 aliphatic heterocycles. The Morgan fingerprint density at radius 1 is 1.08 bits per heavy atom. The first-order valence-corrected chi connectivity index (χ1v) is 9.46. The molecule has 2 heterocycles. The molecule has 130 valence electrons. The maximum atomic E-state index is 12.4. The van der Waals surface area contributed by atoms with E-state index < -0.39 is 0 Å². The quantitative estimate of drug-likeness (QED) is 0.396. The lowest BCUT2D eigenvalue weighted by molar-refractivity contribution is 0.873. The number of thioether (sulfide) groups is 1. The maximum absolute atomic E-state index is 12.4. The first-order valence-electron chi connectivity index (χ1n) is 7.72. The fourth-order valence-corrected chi connectivity index (χ4v) is 3.63. The molecule has 4 rings (SSSR count). The normalized spacial score (nSPS) is 11.2. The second-order valence-corrected chi connectivity index (χ2v) is 7.32. The van der Waals surface area contributed by atoms with Crippen molar-refractivity contribution >= 4 is 46.0 Å². The summed E-state index contributed by atoms with van der Waals surface area (Å²) in [5.74, 6) is 0.602. The monoisotopic (exact) mass is 402 g/mol. The lowest BCUT2D eigenvalue weighted by atomic mass is 10.2. The molecule has 8 heteroatoms. The number of fused-ring (bicyclic) bond motifs is 1. The van der Waals surface area contributed by atoms with Crippen molar-refractivity contribution in [2.45, 2.75) is 10.9 Å². The van der Waals surface area contributed by atoms with Crippen molar-refractivity contribution in [2.24, 2.45) is 0 Å². The van der Waals surface area contributed by atoms with E-state index in [2.05, 4.69) is 15.1 Å². The Bertz CT molecular complexity index is 1140. The smallest absolute Gasteiger partial charge is 0.262 e. The van der Waals surface area contributed by atoms with E-state index in [1.165, 1.54) is 18.0 Å². The van der Waals surface area contributed by atoms with E-state index in [4.69, 9.17) is 23.2 Å². The molecule has 1 N–H and O–H groups in total. The van der Waals surface area contributed by atoms with Crippen molar-refractivity contribution < 1.29 is 0 Å². The van der Waals surface area contributed by atoms with Crippen LogP contribution in [0.2, 0.25) is 10.0 Å². The van der Waals surface area contributed by atoms with Crippen molar-refractivity contribution in [1.82, 2.24) is 19.7 Å². The van der Waals surface area contributed by atoms with Gasteiger partial charge < -0.3 is 4.98 Å². The Morgan fingerprint density at radius 3 is 2.65 bits per heavy atom. The van der Waals surface area contributed by atoms with Crippen LogP contribution in [0.1, 0.15) is 5.56 Å². The number of aromatic nitrogens is 4. The van der Waals surface area contributed by atoms with Crippen molar-refractivity contribution in [3.05, 3.63) is 80.7 Å². The van der Waals surface area contributed by atoms with E-state index in [1.807, 2.05) is 42.5 Å². The summed E-state index contributed by atoms with van der Waals surface area (Å²) in [6.45, 7) is 0. The highest BCUT2D eigenvalue weighted by Crippen LogP contribution is 2.26. The standard InChI is InChI=1S/C18H12Cl2N4OS/c19-14-7-6-11(8-15(14)20)10-26-18-22-16-13(17(25)23-18)9-21-24(16)12-4-2-1-3-5-12/h1-9H,10H2,(H,22,23,25). The number of hydrogen-bond donors (Lipinski definition) is 1. The summed E-state index contributed by atoms with van der Waals surface area (Å²) in [7, 11) is 0. The van der Waals surface area contributed by atoms with Crippen LogP contribution in [0.25, 0.3) is 16.7 Å². The number of aromatic amines is 1. The van der Waals surface area contributed by atoms with E-state index in [0.717, 1.165) is 11.3 Å². The van der Waals surface area contributed by atoms with Gasteiger partial charge in [0.25, 0.3) is 5.56 Å². The Kier molecular flexibility index (Phi) is 4.72. The number of nitrogens with zero attached hydrogens (tertiary/aromatic N) is 3. The Hall–Kier alpha value is -2.28. The number of benzene rings is 2. The molecule has 0 saturated carbocycles. The second kappa shape index (κ2) is 7.15. The van der Waals surface area contributed by atoms with Crippen LogP contribution in [-0.4, -0.2) is 19.7 Å². The van der Waals surface area contributed by atoms with Gasteiger partial charge in [0.15, 0.2) is 10.8 Å². The molecule has 26 heavy (non-hydrogen) atoms. The molecule has 0 spiro atoms. The predicted molar refractivity (Wildman–Crippen MR) is 106 cm³/mol. The van der Waals surface area contributed by atoms with Gasteiger partial charge in [-0.15, -0.1) is 0 Å². The second-order valence-electron chi connectivity index (χ2n) is 5.54. The maximum Gasteiger partial charge on any atom is 0.262 e. The molecule has 0 unspecified atom stereocenters. The Balaban J connectivity index is 1.68. The number of para-hydroxylation sites is 1. The fourth-order valence-electron chi connectivity index (χ4n) is 2.51. The molecule has 0 saturated heterocycles. The zero-order valence-corrected chi connectivity index (χ0v) is 15.6. The van der Waals surface area contributed by atoms with Gasteiger partial charge in [-0.25, -0.2) is 9.67 Å². The van der Waals surface area contributed by atoms with Gasteiger partial charge >= 0.3 is 0 Å². The van der Waals surface area contributed by atoms with E-state index in [0.29, 0.717) is 32.0 Å². The predicted octanol–water partition coefficient (Wildman–Crippen LogP) is 4.71. The lowest BCUT2D eigenvalue weighted by Gasteiger charge is -2.05. The van der Waals surface area contributed by atoms with Crippen LogP contribution in [0.5, 0.6) is 0 Å². The minimum absolute atomic E-state index is 0.214. The molecular weight excluding hydrogens is 391 g/mol. The summed E-state index contributed by atoms with van der Waals surface area (Å²) in [6, 6.07) is 15.0. The first-order chi connectivity index (χ1) is 12.6. The number of nitrogens with one attached hydrogen (secondary N) is 1. The number of H-pyrrole nitrogens is 1. The number of hydrogen-bond acceptors (Lipinski definition) is 4. The van der Waals surface area contributed by atoms with E-state index in [1.54, 1.807) is 10.7 Å². The van der Waals surface area contributed by atoms with Gasteiger partial charge in [0, 0.05) is 5.75 Å². The van der Waals surface area contributed by atoms with E-state index in [-0.39, 0.29) is 5.56 Å². The third-order valence-electron chi connectivity index (χ3n) is 3.78. The van der Waals surface area contributed by atoms with Crippen molar-refractivity contribution in [3.8, 4) is 5.69 Å². The summed E-state index contributed by atoms with van der Waals surface area (Å²) in [4.78, 5) is 19.7. The minimum Gasteiger partial charge on any atom is -0.301 e. The molecule has 0 atom stereocenters. The summed E-state index contributed by atoms with van der Waals surface area (Å²) in [5.41, 5.74) is 2.15. The van der Waals surface area contributed by atoms with E-state index >= 15 is 0 Å². The third kappa shape index (κ3) is 3.35. The van der Waals surface area contributed by atoms with Gasteiger partial charge in [0.2, 0.25) is 0 Å². The molecule has 0 amide bonds. The molecule has 5 nitrogen and oxygen atoms in total. The summed E-state index contributed by atoms with van der Waals surface area (Å²) in [5, 5.41) is 6.29. The summed E-state index contributed by atoms with van der Waals surface area (Å²) >= 11 is 13.4. The number of rotatable bonds is 4. The van der Waals surface area contributed by atoms with Crippen LogP contribution in [-0.2, 0) is 5.75 Å². The van der Waals surface area contributed by atoms with Crippen molar-refractivity contribution in [1.29, 1.82) is 0 Å². The van der Waals surface area contributed by atoms with Gasteiger partial charge in [0.1, 0.15) is 5.39 Å². The van der Waals surface area contributed by atoms with Crippen LogP contribution < -0.4 is 5.56 Å². The van der Waals surface area contributed by atoms with Crippen LogP contribution in [0, 0.1) is 0 Å². The summed E-state index contributed by atoms with van der Waals surface area (Å²) in [6.07, 6.45) is 1.53. The molecule has 0 aliphatic carbocycles. The average Bonchev–Trinajstić information content (AvgIpc) is 3.08. The third-order valence-corrected chi connectivity index (χ3v) is 5.46. The lowest BCUT2D eigenvalue weighted by Crippen LogP contribution is -2.09. The zero-order chi connectivity index (χ0) is 18.1. The first kappa shape index (κ1) is 17.1. The highest BCUT2D eigenvalue weighted by molar-refractivity contribution is 7.98. The van der Waals surface area contributed by atoms with Gasteiger partial charge in [0.05, 0.1) is 21.9 Å². The van der Waals surface area contributed by atoms with Crippen molar-refractivity contribution in [3.63, 3.8) is 0 Å². The molecule has 4 aromatic rings. The largest absolute Gasteiger partial charge is 0.301 e. The molecule has 0 fully saturated rings. The van der Waals surface area contributed by atoms with Gasteiger partial charge in [-0.05, 0) is 29.8 Å². The zero-order valence-electron chi connectivity index (χ0n) is 13.3. The van der Waals surface area contributed by atoms with Crippen LogP contribution in [0.3, 0.4) is 0 Å². The highest BCUT2D eigenvalue weighted by atomic mass is 35.5. The SMILES string of the molecule is O=c1[nH]c(SCc2ccc(Cl)c(Cl)c2)nc2c1cnn2-c1ccccc1. The molecule has 2 aromatic heterocycles. The van der Waals surface area contributed by atoms with Crippen molar-refractivity contribution in [2.75, 3.05) is 0 Å². The molecule has 0 radical (unpaired) electrons. The molecular formula is C18H12Cl2N4OS.